The molecule has 0 fully saturated rings. The van der Waals surface area contributed by atoms with Crippen LogP contribution in [0.25, 0.3) is 0 Å². The van der Waals surface area contributed by atoms with E-state index in [0.29, 0.717) is 11.5 Å². The fourth-order valence-electron chi connectivity index (χ4n) is 2.15. The lowest BCUT2D eigenvalue weighted by atomic mass is 10.1. The standard InChI is InChI=1S/C15H18N4S/c1-9-7-11(3)19-15(13(9)14(16)20)17-8-12-6-4-5-10(2)18-12/h4-7H,8H2,1-3H3,(H2,16,20)(H,17,19). The van der Waals surface area contributed by atoms with Gasteiger partial charge in [-0.3, -0.25) is 4.98 Å². The highest BCUT2D eigenvalue weighted by Gasteiger charge is 2.11. The van der Waals surface area contributed by atoms with Crippen LogP contribution in [0.4, 0.5) is 5.82 Å². The number of anilines is 1. The fourth-order valence-corrected chi connectivity index (χ4v) is 2.41. The zero-order valence-corrected chi connectivity index (χ0v) is 12.7. The molecule has 20 heavy (non-hydrogen) atoms. The molecule has 0 aliphatic carbocycles. The molecule has 0 unspecified atom stereocenters. The van der Waals surface area contributed by atoms with Crippen LogP contribution in [0.5, 0.6) is 0 Å². The molecular weight excluding hydrogens is 268 g/mol. The minimum absolute atomic E-state index is 0.356. The van der Waals surface area contributed by atoms with E-state index in [9.17, 15) is 0 Å². The highest BCUT2D eigenvalue weighted by atomic mass is 32.1. The van der Waals surface area contributed by atoms with Gasteiger partial charge in [0.2, 0.25) is 0 Å². The molecule has 0 aliphatic heterocycles. The lowest BCUT2D eigenvalue weighted by Crippen LogP contribution is -2.17. The van der Waals surface area contributed by atoms with E-state index in [0.717, 1.165) is 34.0 Å². The van der Waals surface area contributed by atoms with E-state index in [2.05, 4.69) is 15.3 Å². The van der Waals surface area contributed by atoms with Gasteiger partial charge in [-0.15, -0.1) is 0 Å². The van der Waals surface area contributed by atoms with Gasteiger partial charge in [0.25, 0.3) is 0 Å². The van der Waals surface area contributed by atoms with Gasteiger partial charge in [-0.05, 0) is 44.5 Å². The van der Waals surface area contributed by atoms with E-state index < -0.39 is 0 Å². The molecule has 2 aromatic heterocycles. The topological polar surface area (TPSA) is 63.8 Å². The molecule has 0 spiro atoms. The fraction of sp³-hybridized carbons (Fsp3) is 0.267. The van der Waals surface area contributed by atoms with Crippen molar-refractivity contribution in [2.45, 2.75) is 27.3 Å². The molecule has 0 atom stereocenters. The van der Waals surface area contributed by atoms with Crippen LogP contribution in [0.15, 0.2) is 24.3 Å². The second-order valence-electron chi connectivity index (χ2n) is 4.79. The van der Waals surface area contributed by atoms with Crippen LogP contribution in [0.1, 0.15) is 28.2 Å². The van der Waals surface area contributed by atoms with Crippen LogP contribution in [0.3, 0.4) is 0 Å². The number of nitrogens with one attached hydrogen (secondary N) is 1. The molecule has 0 aromatic carbocycles. The number of hydrogen-bond donors (Lipinski definition) is 2. The first-order chi connectivity index (χ1) is 9.47. The number of thiocarbonyl (C=S) groups is 1. The van der Waals surface area contributed by atoms with E-state index in [4.69, 9.17) is 18.0 Å². The monoisotopic (exact) mass is 286 g/mol. The average molecular weight is 286 g/mol. The van der Waals surface area contributed by atoms with E-state index >= 15 is 0 Å². The van der Waals surface area contributed by atoms with Crippen molar-refractivity contribution in [3.8, 4) is 0 Å². The first-order valence-electron chi connectivity index (χ1n) is 6.42. The number of aromatic nitrogens is 2. The number of hydrogen-bond acceptors (Lipinski definition) is 4. The predicted octanol–water partition coefficient (Wildman–Crippen LogP) is 2.65. The van der Waals surface area contributed by atoms with E-state index in [1.54, 1.807) is 0 Å². The highest BCUT2D eigenvalue weighted by molar-refractivity contribution is 7.80. The summed E-state index contributed by atoms with van der Waals surface area (Å²) >= 11 is 5.11. The Balaban J connectivity index is 2.27. The number of pyridine rings is 2. The summed E-state index contributed by atoms with van der Waals surface area (Å²) in [5, 5.41) is 3.28. The molecule has 0 aliphatic rings. The molecule has 2 rings (SSSR count). The van der Waals surface area contributed by atoms with Crippen LogP contribution in [-0.4, -0.2) is 15.0 Å². The smallest absolute Gasteiger partial charge is 0.137 e. The van der Waals surface area contributed by atoms with E-state index in [1.165, 1.54) is 0 Å². The summed E-state index contributed by atoms with van der Waals surface area (Å²) in [6, 6.07) is 7.91. The quantitative estimate of drug-likeness (QED) is 0.846. The molecule has 0 bridgehead atoms. The third-order valence-electron chi connectivity index (χ3n) is 2.97. The van der Waals surface area contributed by atoms with Crippen molar-refractivity contribution in [1.82, 2.24) is 9.97 Å². The predicted molar refractivity (Wildman–Crippen MR) is 85.9 cm³/mol. The summed E-state index contributed by atoms with van der Waals surface area (Å²) in [6.07, 6.45) is 0. The van der Waals surface area contributed by atoms with Crippen LogP contribution in [0.2, 0.25) is 0 Å². The van der Waals surface area contributed by atoms with Gasteiger partial charge in [0.15, 0.2) is 0 Å². The van der Waals surface area contributed by atoms with E-state index in [-0.39, 0.29) is 0 Å². The molecule has 0 radical (unpaired) electrons. The zero-order valence-electron chi connectivity index (χ0n) is 11.9. The summed E-state index contributed by atoms with van der Waals surface area (Å²) in [4.78, 5) is 9.30. The Hall–Kier alpha value is -2.01. The molecule has 4 nitrogen and oxygen atoms in total. The normalized spacial score (nSPS) is 10.3. The maximum Gasteiger partial charge on any atom is 0.137 e. The largest absolute Gasteiger partial charge is 0.389 e. The highest BCUT2D eigenvalue weighted by Crippen LogP contribution is 2.19. The second kappa shape index (κ2) is 5.96. The molecule has 0 saturated carbocycles. The van der Waals surface area contributed by atoms with Crippen molar-refractivity contribution in [3.05, 3.63) is 52.5 Å². The SMILES string of the molecule is Cc1cccc(CNc2nc(C)cc(C)c2C(N)=S)n1. The van der Waals surface area contributed by atoms with Crippen molar-refractivity contribution in [3.63, 3.8) is 0 Å². The Bertz CT molecular complexity index is 652. The third kappa shape index (κ3) is 3.30. The van der Waals surface area contributed by atoms with Gasteiger partial charge in [-0.1, -0.05) is 18.3 Å². The molecule has 3 N–H and O–H groups in total. The van der Waals surface area contributed by atoms with E-state index in [1.807, 2.05) is 45.0 Å². The number of aryl methyl sites for hydroxylation is 3. The van der Waals surface area contributed by atoms with Crippen LogP contribution in [0, 0.1) is 20.8 Å². The van der Waals surface area contributed by atoms with Crippen LogP contribution in [-0.2, 0) is 6.54 Å². The van der Waals surface area contributed by atoms with Gasteiger partial charge in [-0.25, -0.2) is 4.98 Å². The Morgan fingerprint density at radius 3 is 2.60 bits per heavy atom. The molecule has 104 valence electrons. The van der Waals surface area contributed by atoms with Crippen molar-refractivity contribution >= 4 is 23.0 Å². The van der Waals surface area contributed by atoms with Crippen LogP contribution >= 0.6 is 12.2 Å². The Morgan fingerprint density at radius 2 is 1.95 bits per heavy atom. The summed E-state index contributed by atoms with van der Waals surface area (Å²) in [5.41, 5.74) is 10.5. The maximum absolute atomic E-state index is 5.79. The van der Waals surface area contributed by atoms with Gasteiger partial charge in [0.05, 0.1) is 17.8 Å². The number of nitrogens with zero attached hydrogens (tertiary/aromatic N) is 2. The number of nitrogens with two attached hydrogens (primary N) is 1. The minimum Gasteiger partial charge on any atom is -0.389 e. The van der Waals surface area contributed by atoms with Crippen molar-refractivity contribution in [2.75, 3.05) is 5.32 Å². The lowest BCUT2D eigenvalue weighted by molar-refractivity contribution is 0.996. The Labute approximate surface area is 124 Å². The first-order valence-corrected chi connectivity index (χ1v) is 6.82. The zero-order chi connectivity index (χ0) is 14.7. The summed E-state index contributed by atoms with van der Waals surface area (Å²) in [5.74, 6) is 0.721. The third-order valence-corrected chi connectivity index (χ3v) is 3.18. The average Bonchev–Trinajstić information content (AvgIpc) is 2.35. The lowest BCUT2D eigenvalue weighted by Gasteiger charge is -2.13. The minimum atomic E-state index is 0.356. The van der Waals surface area contributed by atoms with Gasteiger partial charge in [-0.2, -0.15) is 0 Å². The van der Waals surface area contributed by atoms with Gasteiger partial charge >= 0.3 is 0 Å². The molecule has 0 saturated heterocycles. The molecule has 2 heterocycles. The Kier molecular flexibility index (Phi) is 4.29. The van der Waals surface area contributed by atoms with Gasteiger partial charge < -0.3 is 11.1 Å². The maximum atomic E-state index is 5.79. The molecule has 2 aromatic rings. The van der Waals surface area contributed by atoms with Crippen molar-refractivity contribution in [1.29, 1.82) is 0 Å². The Morgan fingerprint density at radius 1 is 1.20 bits per heavy atom. The van der Waals surface area contributed by atoms with Crippen LogP contribution < -0.4 is 11.1 Å². The van der Waals surface area contributed by atoms with Gasteiger partial charge in [0, 0.05) is 11.4 Å². The molecular formula is C15H18N4S. The molecule has 5 heteroatoms. The summed E-state index contributed by atoms with van der Waals surface area (Å²) in [6.45, 7) is 6.50. The molecule has 0 amide bonds. The summed E-state index contributed by atoms with van der Waals surface area (Å²) < 4.78 is 0. The number of rotatable bonds is 4. The second-order valence-corrected chi connectivity index (χ2v) is 5.23. The summed E-state index contributed by atoms with van der Waals surface area (Å²) in [7, 11) is 0. The van der Waals surface area contributed by atoms with Crippen molar-refractivity contribution < 1.29 is 0 Å². The van der Waals surface area contributed by atoms with Gasteiger partial charge in [0.1, 0.15) is 10.8 Å². The van der Waals surface area contributed by atoms with Crippen molar-refractivity contribution in [2.24, 2.45) is 5.73 Å². The first kappa shape index (κ1) is 14.4.